The number of benzene rings is 1. The van der Waals surface area contributed by atoms with Crippen molar-refractivity contribution in [2.24, 2.45) is 10.9 Å². The standard InChI is InChI=1S/C14H17BrFN3O2/c15-13-10(6-3-7-11(13)16)14(20)19(8-12(17)18-21)9-4-1-2-5-9/h3,6-7,9,21H,1-2,4-5,8H2,(H2,17,18). The smallest absolute Gasteiger partial charge is 0.255 e. The molecule has 7 heteroatoms. The Morgan fingerprint density at radius 1 is 1.48 bits per heavy atom. The second-order valence-corrected chi connectivity index (χ2v) is 5.86. The fourth-order valence-electron chi connectivity index (χ4n) is 2.61. The zero-order chi connectivity index (χ0) is 15.4. The van der Waals surface area contributed by atoms with E-state index >= 15 is 0 Å². The van der Waals surface area contributed by atoms with Gasteiger partial charge in [0.2, 0.25) is 0 Å². The lowest BCUT2D eigenvalue weighted by molar-refractivity contribution is 0.0711. The Morgan fingerprint density at radius 2 is 2.14 bits per heavy atom. The molecule has 0 unspecified atom stereocenters. The van der Waals surface area contributed by atoms with Crippen molar-refractivity contribution < 1.29 is 14.4 Å². The third-order valence-electron chi connectivity index (χ3n) is 3.67. The molecule has 5 nitrogen and oxygen atoms in total. The lowest BCUT2D eigenvalue weighted by Gasteiger charge is -2.29. The zero-order valence-corrected chi connectivity index (χ0v) is 13.0. The molecule has 114 valence electrons. The molecule has 1 fully saturated rings. The van der Waals surface area contributed by atoms with Crippen LogP contribution in [-0.2, 0) is 0 Å². The van der Waals surface area contributed by atoms with Gasteiger partial charge in [0, 0.05) is 6.04 Å². The molecule has 0 aliphatic heterocycles. The Kier molecular flexibility index (Phi) is 5.17. The van der Waals surface area contributed by atoms with E-state index in [9.17, 15) is 9.18 Å². The minimum absolute atomic E-state index is 0.0307. The van der Waals surface area contributed by atoms with E-state index in [0.717, 1.165) is 25.7 Å². The molecule has 3 N–H and O–H groups in total. The van der Waals surface area contributed by atoms with Crippen molar-refractivity contribution in [1.82, 2.24) is 4.90 Å². The van der Waals surface area contributed by atoms with E-state index in [-0.39, 0.29) is 34.4 Å². The number of nitrogens with two attached hydrogens (primary N) is 1. The van der Waals surface area contributed by atoms with Gasteiger partial charge in [0.15, 0.2) is 5.84 Å². The molecular weight excluding hydrogens is 341 g/mol. The van der Waals surface area contributed by atoms with Crippen LogP contribution in [0.25, 0.3) is 0 Å². The summed E-state index contributed by atoms with van der Waals surface area (Å²) in [4.78, 5) is 14.3. The van der Waals surface area contributed by atoms with Crippen LogP contribution < -0.4 is 5.73 Å². The van der Waals surface area contributed by atoms with Gasteiger partial charge in [-0.2, -0.15) is 0 Å². The number of hydrogen-bond acceptors (Lipinski definition) is 3. The Hall–Kier alpha value is -1.63. The second kappa shape index (κ2) is 6.89. The van der Waals surface area contributed by atoms with Gasteiger partial charge in [0.05, 0.1) is 16.6 Å². The van der Waals surface area contributed by atoms with Gasteiger partial charge < -0.3 is 15.8 Å². The SMILES string of the molecule is N/C(CN(C(=O)c1cccc(F)c1Br)C1CCCC1)=N/O. The number of carbonyl (C=O) groups excluding carboxylic acids is 1. The number of carbonyl (C=O) groups is 1. The second-order valence-electron chi connectivity index (χ2n) is 5.06. The summed E-state index contributed by atoms with van der Waals surface area (Å²) in [5.41, 5.74) is 5.79. The Bertz CT molecular complexity index is 559. The Balaban J connectivity index is 2.30. The Morgan fingerprint density at radius 3 is 2.76 bits per heavy atom. The molecule has 2 rings (SSSR count). The number of halogens is 2. The van der Waals surface area contributed by atoms with Gasteiger partial charge in [-0.1, -0.05) is 24.1 Å². The van der Waals surface area contributed by atoms with E-state index < -0.39 is 5.82 Å². The van der Waals surface area contributed by atoms with Gasteiger partial charge in [0.25, 0.3) is 5.91 Å². The minimum Gasteiger partial charge on any atom is -0.409 e. The van der Waals surface area contributed by atoms with Gasteiger partial charge in [0.1, 0.15) is 5.82 Å². The van der Waals surface area contributed by atoms with Gasteiger partial charge in [-0.3, -0.25) is 4.79 Å². The summed E-state index contributed by atoms with van der Waals surface area (Å²) in [7, 11) is 0. The van der Waals surface area contributed by atoms with E-state index in [0.29, 0.717) is 0 Å². The summed E-state index contributed by atoms with van der Waals surface area (Å²) in [6.07, 6.45) is 3.82. The summed E-state index contributed by atoms with van der Waals surface area (Å²) < 4.78 is 13.7. The third-order valence-corrected chi connectivity index (χ3v) is 4.48. The minimum atomic E-state index is -0.490. The molecule has 1 amide bonds. The average Bonchev–Trinajstić information content (AvgIpc) is 3.00. The number of amidine groups is 1. The average molecular weight is 358 g/mol. The van der Waals surface area contributed by atoms with Crippen molar-refractivity contribution in [3.8, 4) is 0 Å². The first-order valence-electron chi connectivity index (χ1n) is 6.76. The van der Waals surface area contributed by atoms with Crippen LogP contribution in [-0.4, -0.2) is 34.4 Å². The summed E-state index contributed by atoms with van der Waals surface area (Å²) in [6, 6.07) is 4.37. The molecule has 1 aliphatic rings. The number of nitrogens with zero attached hydrogens (tertiary/aromatic N) is 2. The maximum Gasteiger partial charge on any atom is 0.255 e. The van der Waals surface area contributed by atoms with Crippen LogP contribution in [0.4, 0.5) is 4.39 Å². The van der Waals surface area contributed by atoms with Gasteiger partial charge in [-0.05, 0) is 40.9 Å². The molecule has 1 aromatic rings. The first kappa shape index (κ1) is 15.8. The van der Waals surface area contributed by atoms with Gasteiger partial charge in [-0.15, -0.1) is 0 Å². The normalized spacial score (nSPS) is 16.2. The van der Waals surface area contributed by atoms with Crippen molar-refractivity contribution in [1.29, 1.82) is 0 Å². The van der Waals surface area contributed by atoms with Gasteiger partial charge >= 0.3 is 0 Å². The molecule has 0 aromatic heterocycles. The summed E-state index contributed by atoms with van der Waals surface area (Å²) in [6.45, 7) is 0.0307. The first-order valence-corrected chi connectivity index (χ1v) is 7.55. The summed E-state index contributed by atoms with van der Waals surface area (Å²) in [5.74, 6) is -0.848. The molecule has 0 saturated heterocycles. The number of rotatable bonds is 4. The quantitative estimate of drug-likeness (QED) is 0.376. The highest BCUT2D eigenvalue weighted by atomic mass is 79.9. The van der Waals surface area contributed by atoms with E-state index in [1.165, 1.54) is 12.1 Å². The van der Waals surface area contributed by atoms with E-state index in [1.807, 2.05) is 0 Å². The van der Waals surface area contributed by atoms with E-state index in [2.05, 4.69) is 21.1 Å². The lowest BCUT2D eigenvalue weighted by atomic mass is 10.1. The van der Waals surface area contributed by atoms with Crippen LogP contribution >= 0.6 is 15.9 Å². The van der Waals surface area contributed by atoms with Gasteiger partial charge in [-0.25, -0.2) is 4.39 Å². The molecule has 0 atom stereocenters. The number of hydrogen-bond donors (Lipinski definition) is 2. The van der Waals surface area contributed by atoms with E-state index in [1.54, 1.807) is 11.0 Å². The lowest BCUT2D eigenvalue weighted by Crippen LogP contribution is -2.44. The molecule has 0 heterocycles. The van der Waals surface area contributed by atoms with Crippen LogP contribution in [0.5, 0.6) is 0 Å². The first-order chi connectivity index (χ1) is 10.0. The van der Waals surface area contributed by atoms with Crippen molar-refractivity contribution >= 4 is 27.7 Å². The largest absolute Gasteiger partial charge is 0.409 e. The maximum atomic E-state index is 13.6. The van der Waals surface area contributed by atoms with Crippen LogP contribution in [0.2, 0.25) is 0 Å². The van der Waals surface area contributed by atoms with Crippen molar-refractivity contribution in [3.05, 3.63) is 34.1 Å². The fourth-order valence-corrected chi connectivity index (χ4v) is 3.05. The molecule has 21 heavy (non-hydrogen) atoms. The number of oxime groups is 1. The molecular formula is C14H17BrFN3O2. The Labute approximate surface area is 130 Å². The summed E-state index contributed by atoms with van der Waals surface area (Å²) >= 11 is 3.11. The highest BCUT2D eigenvalue weighted by molar-refractivity contribution is 9.10. The fraction of sp³-hybridized carbons (Fsp3) is 0.429. The predicted molar refractivity (Wildman–Crippen MR) is 80.8 cm³/mol. The van der Waals surface area contributed by atoms with Crippen molar-refractivity contribution in [2.45, 2.75) is 31.7 Å². The molecule has 1 aromatic carbocycles. The molecule has 0 radical (unpaired) electrons. The van der Waals surface area contributed by atoms with Crippen molar-refractivity contribution in [3.63, 3.8) is 0 Å². The third kappa shape index (κ3) is 3.53. The monoisotopic (exact) mass is 357 g/mol. The predicted octanol–water partition coefficient (Wildman–Crippen LogP) is 2.72. The topological polar surface area (TPSA) is 78.9 Å². The van der Waals surface area contributed by atoms with E-state index in [4.69, 9.17) is 10.9 Å². The highest BCUT2D eigenvalue weighted by Gasteiger charge is 2.29. The molecule has 0 bridgehead atoms. The zero-order valence-electron chi connectivity index (χ0n) is 11.4. The number of amides is 1. The van der Waals surface area contributed by atoms with Crippen LogP contribution in [0.3, 0.4) is 0 Å². The molecule has 1 aliphatic carbocycles. The van der Waals surface area contributed by atoms with Crippen LogP contribution in [0.15, 0.2) is 27.8 Å². The molecule has 1 saturated carbocycles. The summed E-state index contributed by atoms with van der Waals surface area (Å²) in [5, 5.41) is 11.7. The maximum absolute atomic E-state index is 13.6. The van der Waals surface area contributed by atoms with Crippen LogP contribution in [0.1, 0.15) is 36.0 Å². The van der Waals surface area contributed by atoms with Crippen molar-refractivity contribution in [2.75, 3.05) is 6.54 Å². The highest BCUT2D eigenvalue weighted by Crippen LogP contribution is 2.27. The molecule has 0 spiro atoms. The van der Waals surface area contributed by atoms with Crippen LogP contribution in [0, 0.1) is 5.82 Å².